The molecule has 0 bridgehead atoms. The van der Waals surface area contributed by atoms with Crippen molar-refractivity contribution in [1.82, 2.24) is 0 Å². The SMILES string of the molecule is ClCCOc1cc(Cl)cc(Cl)c1. The molecule has 1 nitrogen and oxygen atoms in total. The van der Waals surface area contributed by atoms with Crippen LogP contribution in [0.15, 0.2) is 18.2 Å². The summed E-state index contributed by atoms with van der Waals surface area (Å²) in [6.07, 6.45) is 0. The fourth-order valence-corrected chi connectivity index (χ4v) is 1.35. The largest absolute Gasteiger partial charge is 0.492 e. The van der Waals surface area contributed by atoms with E-state index in [1.165, 1.54) is 0 Å². The third-order valence-electron chi connectivity index (χ3n) is 1.18. The van der Waals surface area contributed by atoms with Crippen molar-refractivity contribution in [2.75, 3.05) is 12.5 Å². The number of hydrogen-bond donors (Lipinski definition) is 0. The topological polar surface area (TPSA) is 9.23 Å². The van der Waals surface area contributed by atoms with Gasteiger partial charge in [0.15, 0.2) is 0 Å². The summed E-state index contributed by atoms with van der Waals surface area (Å²) >= 11 is 16.9. The number of benzene rings is 1. The maximum atomic E-state index is 5.73. The van der Waals surface area contributed by atoms with Crippen LogP contribution in [0.1, 0.15) is 0 Å². The molecule has 0 aliphatic heterocycles. The summed E-state index contributed by atoms with van der Waals surface area (Å²) in [4.78, 5) is 0. The smallest absolute Gasteiger partial charge is 0.122 e. The van der Waals surface area contributed by atoms with Crippen LogP contribution < -0.4 is 4.74 Å². The van der Waals surface area contributed by atoms with E-state index in [-0.39, 0.29) is 0 Å². The van der Waals surface area contributed by atoms with Crippen LogP contribution in [0.4, 0.5) is 0 Å². The zero-order chi connectivity index (χ0) is 8.97. The standard InChI is InChI=1S/C8H7Cl3O/c9-1-2-12-8-4-6(10)3-7(11)5-8/h3-5H,1-2H2. The first-order valence-corrected chi connectivity index (χ1v) is 4.66. The number of hydrogen-bond acceptors (Lipinski definition) is 1. The van der Waals surface area contributed by atoms with Gasteiger partial charge in [-0.05, 0) is 18.2 Å². The second kappa shape index (κ2) is 4.80. The molecule has 0 spiro atoms. The van der Waals surface area contributed by atoms with Crippen molar-refractivity contribution >= 4 is 34.8 Å². The van der Waals surface area contributed by atoms with E-state index in [1.807, 2.05) is 0 Å². The van der Waals surface area contributed by atoms with Gasteiger partial charge in [-0.3, -0.25) is 0 Å². The van der Waals surface area contributed by atoms with Crippen molar-refractivity contribution in [3.8, 4) is 5.75 Å². The Balaban J connectivity index is 2.72. The van der Waals surface area contributed by atoms with Gasteiger partial charge in [-0.1, -0.05) is 23.2 Å². The van der Waals surface area contributed by atoms with Gasteiger partial charge in [0.1, 0.15) is 12.4 Å². The lowest BCUT2D eigenvalue weighted by molar-refractivity contribution is 0.343. The molecule has 4 heteroatoms. The molecule has 1 aromatic rings. The lowest BCUT2D eigenvalue weighted by atomic mass is 10.3. The van der Waals surface area contributed by atoms with E-state index in [2.05, 4.69) is 0 Å². The van der Waals surface area contributed by atoms with Crippen molar-refractivity contribution in [2.45, 2.75) is 0 Å². The Hall–Kier alpha value is -0.110. The Labute approximate surface area is 86.2 Å². The molecule has 12 heavy (non-hydrogen) atoms. The monoisotopic (exact) mass is 224 g/mol. The van der Waals surface area contributed by atoms with Crippen LogP contribution in [-0.2, 0) is 0 Å². The summed E-state index contributed by atoms with van der Waals surface area (Å²) in [5.74, 6) is 1.09. The minimum Gasteiger partial charge on any atom is -0.492 e. The molecule has 1 aromatic carbocycles. The van der Waals surface area contributed by atoms with Gasteiger partial charge in [0, 0.05) is 10.0 Å². The first kappa shape index (κ1) is 9.97. The van der Waals surface area contributed by atoms with Gasteiger partial charge in [0.25, 0.3) is 0 Å². The first-order chi connectivity index (χ1) is 5.72. The number of rotatable bonds is 3. The zero-order valence-corrected chi connectivity index (χ0v) is 8.46. The van der Waals surface area contributed by atoms with E-state index in [0.717, 1.165) is 0 Å². The molecule has 0 unspecified atom stereocenters. The van der Waals surface area contributed by atoms with Gasteiger partial charge in [0.2, 0.25) is 0 Å². The van der Waals surface area contributed by atoms with Gasteiger partial charge < -0.3 is 4.74 Å². The van der Waals surface area contributed by atoms with Crippen LogP contribution >= 0.6 is 34.8 Å². The molecule has 1 rings (SSSR count). The summed E-state index contributed by atoms with van der Waals surface area (Å²) in [7, 11) is 0. The van der Waals surface area contributed by atoms with E-state index in [9.17, 15) is 0 Å². The van der Waals surface area contributed by atoms with Gasteiger partial charge in [0.05, 0.1) is 5.88 Å². The van der Waals surface area contributed by atoms with Crippen molar-refractivity contribution < 1.29 is 4.74 Å². The fraction of sp³-hybridized carbons (Fsp3) is 0.250. The Kier molecular flexibility index (Phi) is 3.99. The molecule has 0 saturated carbocycles. The second-order valence-corrected chi connectivity index (χ2v) is 3.39. The Bertz CT molecular complexity index is 242. The van der Waals surface area contributed by atoms with Crippen LogP contribution in [0.25, 0.3) is 0 Å². The molecule has 0 amide bonds. The van der Waals surface area contributed by atoms with E-state index in [1.54, 1.807) is 18.2 Å². The third-order valence-corrected chi connectivity index (χ3v) is 1.77. The molecule has 0 aliphatic rings. The summed E-state index contributed by atoms with van der Waals surface area (Å²) in [5, 5.41) is 1.12. The summed E-state index contributed by atoms with van der Waals surface area (Å²) < 4.78 is 5.22. The van der Waals surface area contributed by atoms with Crippen molar-refractivity contribution in [3.63, 3.8) is 0 Å². The molecule has 0 N–H and O–H groups in total. The van der Waals surface area contributed by atoms with Crippen LogP contribution in [0.2, 0.25) is 10.0 Å². The molecule has 0 heterocycles. The normalized spacial score (nSPS) is 9.92. The van der Waals surface area contributed by atoms with Gasteiger partial charge in [-0.2, -0.15) is 0 Å². The van der Waals surface area contributed by atoms with Crippen LogP contribution in [0.5, 0.6) is 5.75 Å². The molecule has 0 atom stereocenters. The first-order valence-electron chi connectivity index (χ1n) is 3.37. The highest BCUT2D eigenvalue weighted by atomic mass is 35.5. The van der Waals surface area contributed by atoms with Crippen LogP contribution in [0.3, 0.4) is 0 Å². The molecular weight excluding hydrogens is 218 g/mol. The average Bonchev–Trinajstić information content (AvgIpc) is 1.99. The molecule has 0 saturated heterocycles. The van der Waals surface area contributed by atoms with E-state index in [0.29, 0.717) is 28.3 Å². The predicted molar refractivity (Wildman–Crippen MR) is 52.7 cm³/mol. The van der Waals surface area contributed by atoms with Gasteiger partial charge in [-0.15, -0.1) is 11.6 Å². The second-order valence-electron chi connectivity index (χ2n) is 2.14. The Morgan fingerprint density at radius 3 is 2.17 bits per heavy atom. The average molecular weight is 226 g/mol. The summed E-state index contributed by atoms with van der Waals surface area (Å²) in [6, 6.07) is 5.04. The quantitative estimate of drug-likeness (QED) is 0.714. The minimum absolute atomic E-state index is 0.449. The Morgan fingerprint density at radius 2 is 1.67 bits per heavy atom. The lowest BCUT2D eigenvalue weighted by Crippen LogP contribution is -1.97. The molecule has 0 aromatic heterocycles. The Morgan fingerprint density at radius 1 is 1.08 bits per heavy atom. The van der Waals surface area contributed by atoms with Crippen molar-refractivity contribution in [1.29, 1.82) is 0 Å². The van der Waals surface area contributed by atoms with Gasteiger partial charge >= 0.3 is 0 Å². The van der Waals surface area contributed by atoms with Crippen molar-refractivity contribution in [2.24, 2.45) is 0 Å². The molecule has 0 radical (unpaired) electrons. The highest BCUT2D eigenvalue weighted by molar-refractivity contribution is 6.34. The number of halogens is 3. The highest BCUT2D eigenvalue weighted by Gasteiger charge is 1.97. The maximum absolute atomic E-state index is 5.73. The summed E-state index contributed by atoms with van der Waals surface area (Å²) in [6.45, 7) is 0.457. The van der Waals surface area contributed by atoms with Crippen LogP contribution in [0, 0.1) is 0 Å². The van der Waals surface area contributed by atoms with Gasteiger partial charge in [-0.25, -0.2) is 0 Å². The molecule has 0 aliphatic carbocycles. The molecular formula is C8H7Cl3O. The molecule has 66 valence electrons. The van der Waals surface area contributed by atoms with Crippen LogP contribution in [-0.4, -0.2) is 12.5 Å². The number of ether oxygens (including phenoxy) is 1. The predicted octanol–water partition coefficient (Wildman–Crippen LogP) is 3.61. The highest BCUT2D eigenvalue weighted by Crippen LogP contribution is 2.23. The van der Waals surface area contributed by atoms with Crippen molar-refractivity contribution in [3.05, 3.63) is 28.2 Å². The number of alkyl halides is 1. The summed E-state index contributed by atoms with van der Waals surface area (Å²) in [5.41, 5.74) is 0. The van der Waals surface area contributed by atoms with E-state index in [4.69, 9.17) is 39.5 Å². The maximum Gasteiger partial charge on any atom is 0.122 e. The lowest BCUT2D eigenvalue weighted by Gasteiger charge is -2.04. The zero-order valence-electron chi connectivity index (χ0n) is 6.19. The third kappa shape index (κ3) is 3.10. The minimum atomic E-state index is 0.449. The van der Waals surface area contributed by atoms with E-state index >= 15 is 0 Å². The molecule has 0 fully saturated rings. The fourth-order valence-electron chi connectivity index (χ4n) is 0.768. The van der Waals surface area contributed by atoms with E-state index < -0.39 is 0 Å².